The highest BCUT2D eigenvalue weighted by Gasteiger charge is 2.30. The van der Waals surface area contributed by atoms with Crippen molar-refractivity contribution in [3.05, 3.63) is 59.4 Å². The highest BCUT2D eigenvalue weighted by atomic mass is 19.4. The van der Waals surface area contributed by atoms with Crippen LogP contribution in [-0.2, 0) is 27.1 Å². The number of carbonyl (C=O) groups is 1. The van der Waals surface area contributed by atoms with Crippen molar-refractivity contribution in [2.75, 3.05) is 19.8 Å². The van der Waals surface area contributed by atoms with Crippen LogP contribution in [0.4, 0.5) is 13.2 Å². The van der Waals surface area contributed by atoms with Crippen molar-refractivity contribution >= 4 is 11.7 Å². The van der Waals surface area contributed by atoms with Gasteiger partial charge in [0.25, 0.3) is 0 Å². The minimum absolute atomic E-state index is 0.0670. The summed E-state index contributed by atoms with van der Waals surface area (Å²) in [6.45, 7) is 0.248. The van der Waals surface area contributed by atoms with Crippen molar-refractivity contribution in [2.24, 2.45) is 4.99 Å². The number of carboxylic acid groups (broad SMARTS) is 1. The molecule has 1 aliphatic carbocycles. The minimum atomic E-state index is -4.37. The Balaban J connectivity index is 1.74. The van der Waals surface area contributed by atoms with Crippen LogP contribution in [0.3, 0.4) is 0 Å². The van der Waals surface area contributed by atoms with Crippen molar-refractivity contribution in [3.63, 3.8) is 0 Å². The zero-order chi connectivity index (χ0) is 19.0. The minimum Gasteiger partial charge on any atom is -0.486 e. The predicted octanol–water partition coefficient (Wildman–Crippen LogP) is 3.61. The van der Waals surface area contributed by atoms with Gasteiger partial charge < -0.3 is 14.6 Å². The van der Waals surface area contributed by atoms with E-state index in [1.807, 2.05) is 0 Å². The third-order valence-electron chi connectivity index (χ3n) is 3.38. The second kappa shape index (κ2) is 9.19. The number of nitrogens with zero attached hydrogens (tertiary/aromatic N) is 1. The standard InChI is InChI=1S/C18H18F3NO4/c19-18(20,21)14-4-1-3-13(9-14)11-25-8-7-22-15-5-2-6-16(10-15)26-12-17(23)24/h1-6,9H,7-8,10-12H2,(H,23,24). The molecular weight excluding hydrogens is 351 g/mol. The summed E-state index contributed by atoms with van der Waals surface area (Å²) in [4.78, 5) is 14.8. The van der Waals surface area contributed by atoms with Gasteiger partial charge >= 0.3 is 12.1 Å². The fourth-order valence-electron chi connectivity index (χ4n) is 2.21. The molecule has 0 fully saturated rings. The van der Waals surface area contributed by atoms with Gasteiger partial charge in [-0.2, -0.15) is 13.2 Å². The summed E-state index contributed by atoms with van der Waals surface area (Å²) in [7, 11) is 0. The van der Waals surface area contributed by atoms with E-state index in [1.165, 1.54) is 6.07 Å². The summed E-state index contributed by atoms with van der Waals surface area (Å²) >= 11 is 0. The molecule has 0 saturated heterocycles. The van der Waals surface area contributed by atoms with Crippen LogP contribution in [0.1, 0.15) is 17.5 Å². The molecule has 140 valence electrons. The number of benzene rings is 1. The van der Waals surface area contributed by atoms with Crippen molar-refractivity contribution in [3.8, 4) is 0 Å². The van der Waals surface area contributed by atoms with Crippen LogP contribution < -0.4 is 0 Å². The lowest BCUT2D eigenvalue weighted by atomic mass is 10.1. The maximum Gasteiger partial charge on any atom is 0.416 e. The lowest BCUT2D eigenvalue weighted by molar-refractivity contribution is -0.141. The lowest BCUT2D eigenvalue weighted by Crippen LogP contribution is -2.11. The highest BCUT2D eigenvalue weighted by molar-refractivity contribution is 5.97. The maximum absolute atomic E-state index is 12.6. The van der Waals surface area contributed by atoms with Crippen LogP contribution in [0, 0.1) is 0 Å². The Hall–Kier alpha value is -2.61. The number of rotatable bonds is 8. The Morgan fingerprint density at radius 1 is 1.31 bits per heavy atom. The van der Waals surface area contributed by atoms with Crippen LogP contribution in [-0.4, -0.2) is 36.5 Å². The molecular formula is C18H18F3NO4. The molecule has 0 saturated carbocycles. The first-order valence-electron chi connectivity index (χ1n) is 7.83. The number of ether oxygens (including phenoxy) is 2. The Morgan fingerprint density at radius 3 is 2.85 bits per heavy atom. The Kier molecular flexibility index (Phi) is 6.97. The molecule has 0 atom stereocenters. The molecule has 5 nitrogen and oxygen atoms in total. The second-order valence-electron chi connectivity index (χ2n) is 5.48. The van der Waals surface area contributed by atoms with Gasteiger partial charge in [-0.05, 0) is 29.8 Å². The fourth-order valence-corrected chi connectivity index (χ4v) is 2.21. The molecule has 1 aromatic carbocycles. The van der Waals surface area contributed by atoms with E-state index in [-0.39, 0.29) is 13.2 Å². The largest absolute Gasteiger partial charge is 0.486 e. The van der Waals surface area contributed by atoms with Crippen LogP contribution in [0.15, 0.2) is 53.2 Å². The number of aliphatic imine (C=N–C) groups is 1. The summed E-state index contributed by atoms with van der Waals surface area (Å²) in [6, 6.07) is 5.00. The number of hydrogen-bond donors (Lipinski definition) is 1. The molecule has 1 aromatic rings. The number of allylic oxidation sites excluding steroid dienone is 4. The van der Waals surface area contributed by atoms with Gasteiger partial charge in [-0.3, -0.25) is 4.99 Å². The number of carboxylic acids is 1. The van der Waals surface area contributed by atoms with Crippen LogP contribution >= 0.6 is 0 Å². The molecule has 0 aliphatic heterocycles. The first-order chi connectivity index (χ1) is 12.3. The van der Waals surface area contributed by atoms with E-state index < -0.39 is 24.3 Å². The SMILES string of the molecule is O=C(O)COC1=CC=CC(=NCCOCc2cccc(C(F)(F)F)c2)C1. The first-order valence-corrected chi connectivity index (χ1v) is 7.83. The van der Waals surface area contributed by atoms with Crippen molar-refractivity contribution in [2.45, 2.75) is 19.2 Å². The summed E-state index contributed by atoms with van der Waals surface area (Å²) < 4.78 is 48.4. The lowest BCUT2D eigenvalue weighted by Gasteiger charge is -2.12. The van der Waals surface area contributed by atoms with Crippen molar-refractivity contribution < 1.29 is 32.5 Å². The topological polar surface area (TPSA) is 68.1 Å². The van der Waals surface area contributed by atoms with E-state index >= 15 is 0 Å². The maximum atomic E-state index is 12.6. The van der Waals surface area contributed by atoms with E-state index in [2.05, 4.69) is 4.99 Å². The summed E-state index contributed by atoms with van der Waals surface area (Å²) in [6.07, 6.45) is 1.18. The average Bonchev–Trinajstić information content (AvgIpc) is 2.59. The van der Waals surface area contributed by atoms with Crippen LogP contribution in [0.2, 0.25) is 0 Å². The molecule has 0 heterocycles. The quantitative estimate of drug-likeness (QED) is 0.711. The fraction of sp³-hybridized carbons (Fsp3) is 0.333. The van der Waals surface area contributed by atoms with E-state index in [4.69, 9.17) is 14.6 Å². The molecule has 0 spiro atoms. The van der Waals surface area contributed by atoms with Crippen LogP contribution in [0.25, 0.3) is 0 Å². The number of alkyl halides is 3. The Morgan fingerprint density at radius 2 is 2.12 bits per heavy atom. The number of hydrogen-bond acceptors (Lipinski definition) is 4. The Labute approximate surface area is 148 Å². The average molecular weight is 369 g/mol. The zero-order valence-electron chi connectivity index (χ0n) is 13.8. The van der Waals surface area contributed by atoms with Crippen molar-refractivity contribution in [1.29, 1.82) is 0 Å². The molecule has 0 radical (unpaired) electrons. The highest BCUT2D eigenvalue weighted by Crippen LogP contribution is 2.29. The number of aliphatic carboxylic acids is 1. The van der Waals surface area contributed by atoms with Gasteiger partial charge in [0.1, 0.15) is 5.76 Å². The van der Waals surface area contributed by atoms with E-state index in [1.54, 1.807) is 24.3 Å². The predicted molar refractivity (Wildman–Crippen MR) is 88.8 cm³/mol. The van der Waals surface area contributed by atoms with Gasteiger partial charge in [0.2, 0.25) is 0 Å². The second-order valence-corrected chi connectivity index (χ2v) is 5.48. The third kappa shape index (κ3) is 6.72. The van der Waals surface area contributed by atoms with E-state index in [0.29, 0.717) is 24.3 Å². The molecule has 0 amide bonds. The summed E-state index contributed by atoms with van der Waals surface area (Å²) in [5.41, 5.74) is 0.458. The molecule has 1 aliphatic rings. The zero-order valence-corrected chi connectivity index (χ0v) is 13.8. The molecule has 26 heavy (non-hydrogen) atoms. The summed E-state index contributed by atoms with van der Waals surface area (Å²) in [5, 5.41) is 8.59. The normalized spacial score (nSPS) is 15.8. The molecule has 1 N–H and O–H groups in total. The third-order valence-corrected chi connectivity index (χ3v) is 3.38. The molecule has 0 unspecified atom stereocenters. The van der Waals surface area contributed by atoms with Crippen molar-refractivity contribution in [1.82, 2.24) is 0 Å². The van der Waals surface area contributed by atoms with E-state index in [9.17, 15) is 18.0 Å². The van der Waals surface area contributed by atoms with Gasteiger partial charge in [0.05, 0.1) is 25.3 Å². The first kappa shape index (κ1) is 19.7. The monoisotopic (exact) mass is 369 g/mol. The Bertz CT molecular complexity index is 723. The van der Waals surface area contributed by atoms with E-state index in [0.717, 1.165) is 17.8 Å². The number of halogens is 3. The molecule has 0 aromatic heterocycles. The van der Waals surface area contributed by atoms with Gasteiger partial charge in [-0.25, -0.2) is 4.79 Å². The van der Waals surface area contributed by atoms with Gasteiger partial charge in [0.15, 0.2) is 6.61 Å². The van der Waals surface area contributed by atoms with Gasteiger partial charge in [0, 0.05) is 12.1 Å². The summed E-state index contributed by atoms with van der Waals surface area (Å²) in [5.74, 6) is -0.541. The molecule has 2 rings (SSSR count). The molecule has 8 heteroatoms. The van der Waals surface area contributed by atoms with Gasteiger partial charge in [-0.1, -0.05) is 18.2 Å². The smallest absolute Gasteiger partial charge is 0.416 e. The molecule has 0 bridgehead atoms. The van der Waals surface area contributed by atoms with Crippen LogP contribution in [0.5, 0.6) is 0 Å². The van der Waals surface area contributed by atoms with Gasteiger partial charge in [-0.15, -0.1) is 0 Å².